The van der Waals surface area contributed by atoms with Gasteiger partial charge in [0.15, 0.2) is 0 Å². The molecule has 0 fully saturated rings. The van der Waals surface area contributed by atoms with Gasteiger partial charge >= 0.3 is 0 Å². The summed E-state index contributed by atoms with van der Waals surface area (Å²) < 4.78 is 11.0. The van der Waals surface area contributed by atoms with Crippen molar-refractivity contribution in [2.24, 2.45) is 0 Å². The molecule has 26 heavy (non-hydrogen) atoms. The SMILES string of the molecule is CCN(CC)C(C)CNC(=O)Cc1nc(-c2cccc(OC)c2)oc1C. The number of carbonyl (C=O) groups excluding carboxylic acids is 1. The first-order chi connectivity index (χ1) is 12.5. The van der Waals surface area contributed by atoms with E-state index in [9.17, 15) is 4.79 Å². The molecule has 1 N–H and O–H groups in total. The molecule has 1 atom stereocenters. The molecule has 0 aliphatic heterocycles. The number of benzene rings is 1. The number of oxazole rings is 1. The van der Waals surface area contributed by atoms with E-state index in [2.05, 4.69) is 36.0 Å². The fraction of sp³-hybridized carbons (Fsp3) is 0.500. The van der Waals surface area contributed by atoms with Crippen molar-refractivity contribution in [1.29, 1.82) is 0 Å². The predicted molar refractivity (Wildman–Crippen MR) is 102 cm³/mol. The fourth-order valence-corrected chi connectivity index (χ4v) is 2.92. The van der Waals surface area contributed by atoms with Crippen molar-refractivity contribution in [2.75, 3.05) is 26.7 Å². The topological polar surface area (TPSA) is 67.6 Å². The Bertz CT molecular complexity index is 723. The van der Waals surface area contributed by atoms with E-state index in [1.54, 1.807) is 7.11 Å². The quantitative estimate of drug-likeness (QED) is 0.745. The van der Waals surface area contributed by atoms with Crippen LogP contribution < -0.4 is 10.1 Å². The molecule has 0 aliphatic carbocycles. The predicted octanol–water partition coefficient (Wildman–Crippen LogP) is 3.05. The molecule has 2 aromatic rings. The summed E-state index contributed by atoms with van der Waals surface area (Å²) in [5.74, 6) is 1.86. The molecular weight excluding hydrogens is 330 g/mol. The fourth-order valence-electron chi connectivity index (χ4n) is 2.92. The summed E-state index contributed by atoms with van der Waals surface area (Å²) in [7, 11) is 1.62. The molecule has 6 nitrogen and oxygen atoms in total. The van der Waals surface area contributed by atoms with Crippen molar-refractivity contribution < 1.29 is 13.9 Å². The van der Waals surface area contributed by atoms with Gasteiger partial charge in [-0.1, -0.05) is 19.9 Å². The van der Waals surface area contributed by atoms with Gasteiger partial charge in [0.25, 0.3) is 0 Å². The number of likely N-dealkylation sites (N-methyl/N-ethyl adjacent to an activating group) is 1. The van der Waals surface area contributed by atoms with Crippen LogP contribution in [0.4, 0.5) is 0 Å². The zero-order chi connectivity index (χ0) is 19.1. The van der Waals surface area contributed by atoms with Gasteiger partial charge in [0, 0.05) is 18.2 Å². The number of hydrogen-bond donors (Lipinski definition) is 1. The summed E-state index contributed by atoms with van der Waals surface area (Å²) in [4.78, 5) is 19.1. The summed E-state index contributed by atoms with van der Waals surface area (Å²) in [6, 6.07) is 7.82. The first-order valence-corrected chi connectivity index (χ1v) is 9.09. The van der Waals surface area contributed by atoms with Gasteiger partial charge in [-0.15, -0.1) is 0 Å². The average Bonchev–Trinajstić information content (AvgIpc) is 3.01. The monoisotopic (exact) mass is 359 g/mol. The Hall–Kier alpha value is -2.34. The van der Waals surface area contributed by atoms with Crippen LogP contribution in [-0.4, -0.2) is 48.6 Å². The molecule has 2 rings (SSSR count). The summed E-state index contributed by atoms with van der Waals surface area (Å²) in [6.45, 7) is 10.8. The van der Waals surface area contributed by atoms with E-state index >= 15 is 0 Å². The number of nitrogens with one attached hydrogen (secondary N) is 1. The van der Waals surface area contributed by atoms with Gasteiger partial charge in [-0.2, -0.15) is 0 Å². The van der Waals surface area contributed by atoms with Gasteiger partial charge in [-0.25, -0.2) is 4.98 Å². The average molecular weight is 359 g/mol. The standard InChI is InChI=1S/C20H29N3O3/c1-6-23(7-2)14(3)13-21-19(24)12-18-15(4)26-20(22-18)16-9-8-10-17(11-16)25-5/h8-11,14H,6-7,12-13H2,1-5H3,(H,21,24). The van der Waals surface area contributed by atoms with Crippen molar-refractivity contribution in [3.8, 4) is 17.2 Å². The van der Waals surface area contributed by atoms with Crippen LogP contribution in [0.5, 0.6) is 5.75 Å². The third-order valence-electron chi connectivity index (χ3n) is 4.57. The zero-order valence-electron chi connectivity index (χ0n) is 16.3. The number of rotatable bonds is 9. The lowest BCUT2D eigenvalue weighted by Gasteiger charge is -2.26. The van der Waals surface area contributed by atoms with Crippen molar-refractivity contribution in [3.05, 3.63) is 35.7 Å². The van der Waals surface area contributed by atoms with Gasteiger partial charge in [0.05, 0.1) is 19.2 Å². The van der Waals surface area contributed by atoms with E-state index in [4.69, 9.17) is 9.15 Å². The molecule has 1 aromatic carbocycles. The van der Waals surface area contributed by atoms with Crippen molar-refractivity contribution >= 4 is 5.91 Å². The number of ether oxygens (including phenoxy) is 1. The molecule has 1 unspecified atom stereocenters. The maximum absolute atomic E-state index is 12.3. The second-order valence-corrected chi connectivity index (χ2v) is 6.30. The molecule has 0 saturated carbocycles. The normalized spacial score (nSPS) is 12.2. The van der Waals surface area contributed by atoms with Crippen LogP contribution in [0.25, 0.3) is 11.5 Å². The Kier molecular flexibility index (Phi) is 7.21. The molecule has 6 heteroatoms. The van der Waals surface area contributed by atoms with Crippen LogP contribution in [-0.2, 0) is 11.2 Å². The largest absolute Gasteiger partial charge is 0.497 e. The van der Waals surface area contributed by atoms with Gasteiger partial charge in [0.2, 0.25) is 11.8 Å². The molecular formula is C20H29N3O3. The molecule has 0 saturated heterocycles. The van der Waals surface area contributed by atoms with Crippen molar-refractivity contribution in [1.82, 2.24) is 15.2 Å². The highest BCUT2D eigenvalue weighted by Gasteiger charge is 2.16. The summed E-state index contributed by atoms with van der Waals surface area (Å²) in [6.07, 6.45) is 0.213. The molecule has 142 valence electrons. The molecule has 1 heterocycles. The van der Waals surface area contributed by atoms with E-state index in [0.717, 1.165) is 24.4 Å². The lowest BCUT2D eigenvalue weighted by atomic mass is 10.2. The van der Waals surface area contributed by atoms with Crippen LogP contribution >= 0.6 is 0 Å². The van der Waals surface area contributed by atoms with Gasteiger partial charge in [0.1, 0.15) is 11.5 Å². The maximum atomic E-state index is 12.3. The zero-order valence-corrected chi connectivity index (χ0v) is 16.3. The molecule has 1 aromatic heterocycles. The van der Waals surface area contributed by atoms with Crippen molar-refractivity contribution in [3.63, 3.8) is 0 Å². The highest BCUT2D eigenvalue weighted by molar-refractivity contribution is 5.78. The summed E-state index contributed by atoms with van der Waals surface area (Å²) >= 11 is 0. The molecule has 0 radical (unpaired) electrons. The number of aryl methyl sites for hydroxylation is 1. The Balaban J connectivity index is 1.99. The van der Waals surface area contributed by atoms with Gasteiger partial charge < -0.3 is 14.5 Å². The van der Waals surface area contributed by atoms with Crippen LogP contribution in [0.15, 0.2) is 28.7 Å². The lowest BCUT2D eigenvalue weighted by molar-refractivity contribution is -0.120. The summed E-state index contributed by atoms with van der Waals surface area (Å²) in [5.41, 5.74) is 1.49. The molecule has 0 aliphatic rings. The maximum Gasteiger partial charge on any atom is 0.226 e. The number of aromatic nitrogens is 1. The van der Waals surface area contributed by atoms with E-state index < -0.39 is 0 Å². The minimum atomic E-state index is -0.0439. The van der Waals surface area contributed by atoms with Crippen LogP contribution in [0.1, 0.15) is 32.2 Å². The third-order valence-corrected chi connectivity index (χ3v) is 4.57. The highest BCUT2D eigenvalue weighted by Crippen LogP contribution is 2.25. The van der Waals surface area contributed by atoms with Gasteiger partial charge in [-0.05, 0) is 45.1 Å². The second kappa shape index (κ2) is 9.38. The third kappa shape index (κ3) is 5.08. The number of methoxy groups -OCH3 is 1. The number of hydrogen-bond acceptors (Lipinski definition) is 5. The van der Waals surface area contributed by atoms with Crippen molar-refractivity contribution in [2.45, 2.75) is 40.2 Å². The second-order valence-electron chi connectivity index (χ2n) is 6.30. The first-order valence-electron chi connectivity index (χ1n) is 9.09. The highest BCUT2D eigenvalue weighted by atomic mass is 16.5. The van der Waals surface area contributed by atoms with Crippen LogP contribution in [0.2, 0.25) is 0 Å². The molecule has 1 amide bonds. The Morgan fingerprint density at radius 3 is 2.73 bits per heavy atom. The Morgan fingerprint density at radius 1 is 1.35 bits per heavy atom. The van der Waals surface area contributed by atoms with E-state index in [1.807, 2.05) is 31.2 Å². The Morgan fingerprint density at radius 2 is 2.08 bits per heavy atom. The Labute approximate surface area is 155 Å². The molecule has 0 spiro atoms. The first kappa shape index (κ1) is 20.0. The molecule has 0 bridgehead atoms. The van der Waals surface area contributed by atoms with E-state index in [-0.39, 0.29) is 12.3 Å². The number of nitrogens with zero attached hydrogens (tertiary/aromatic N) is 2. The van der Waals surface area contributed by atoms with Crippen LogP contribution in [0.3, 0.4) is 0 Å². The number of amides is 1. The minimum absolute atomic E-state index is 0.0439. The van der Waals surface area contributed by atoms with Gasteiger partial charge in [-0.3, -0.25) is 9.69 Å². The van der Waals surface area contributed by atoms with Crippen LogP contribution in [0, 0.1) is 6.92 Å². The summed E-state index contributed by atoms with van der Waals surface area (Å²) in [5, 5.41) is 2.99. The lowest BCUT2D eigenvalue weighted by Crippen LogP contribution is -2.42. The number of carbonyl (C=O) groups is 1. The smallest absolute Gasteiger partial charge is 0.226 e. The van der Waals surface area contributed by atoms with E-state index in [0.29, 0.717) is 29.9 Å². The van der Waals surface area contributed by atoms with E-state index in [1.165, 1.54) is 0 Å². The minimum Gasteiger partial charge on any atom is -0.497 e.